The summed E-state index contributed by atoms with van der Waals surface area (Å²) in [6.45, 7) is -2.29. The molecule has 2 fully saturated rings. The molecule has 3 amide bonds. The Balaban J connectivity index is 1.36. The summed E-state index contributed by atoms with van der Waals surface area (Å²) in [5.41, 5.74) is 0.671. The van der Waals surface area contributed by atoms with E-state index in [1.807, 2.05) is 0 Å². The fraction of sp³-hybridized carbons (Fsp3) is 0.583. The van der Waals surface area contributed by atoms with Crippen LogP contribution in [-0.4, -0.2) is 77.5 Å². The number of carbonyl (C=O) groups is 2. The molecule has 3 aromatic rings. The van der Waals surface area contributed by atoms with Crippen LogP contribution in [0.5, 0.6) is 0 Å². The van der Waals surface area contributed by atoms with E-state index in [4.69, 9.17) is 0 Å². The number of nitrogens with one attached hydrogen (secondary N) is 2. The minimum Gasteiger partial charge on any atom is -0.342 e. The lowest BCUT2D eigenvalue weighted by Crippen LogP contribution is -2.56. The summed E-state index contributed by atoms with van der Waals surface area (Å²) >= 11 is 0. The number of rotatable bonds is 8. The van der Waals surface area contributed by atoms with Crippen molar-refractivity contribution in [2.24, 2.45) is 5.92 Å². The molecule has 0 spiro atoms. The number of aryl methyl sites for hydroxylation is 1. The Morgan fingerprint density at radius 1 is 1.12 bits per heavy atom. The molecule has 2 N–H and O–H groups in total. The summed E-state index contributed by atoms with van der Waals surface area (Å²) in [4.78, 5) is 31.3. The van der Waals surface area contributed by atoms with E-state index in [-0.39, 0.29) is 36.4 Å². The number of nitrogens with zero attached hydrogens (tertiary/aromatic N) is 7. The first-order valence-corrected chi connectivity index (χ1v) is 13.1. The van der Waals surface area contributed by atoms with Gasteiger partial charge in [0.15, 0.2) is 11.3 Å². The molecule has 0 unspecified atom stereocenters. The van der Waals surface area contributed by atoms with Gasteiger partial charge in [-0.05, 0) is 30.4 Å². The minimum atomic E-state index is -4.44. The number of fused-ring (bicyclic) bond motifs is 1. The molecule has 1 atom stereocenters. The van der Waals surface area contributed by atoms with E-state index >= 15 is 0 Å². The van der Waals surface area contributed by atoms with Crippen LogP contribution in [0.3, 0.4) is 0 Å². The van der Waals surface area contributed by atoms with E-state index in [0.29, 0.717) is 5.56 Å². The van der Waals surface area contributed by atoms with Gasteiger partial charge >= 0.3 is 12.2 Å². The molecule has 228 valence electrons. The van der Waals surface area contributed by atoms with Gasteiger partial charge in [0.05, 0.1) is 56.4 Å². The number of hydrogen-bond donors (Lipinski definition) is 2. The number of amides is 3. The van der Waals surface area contributed by atoms with Crippen molar-refractivity contribution in [1.29, 1.82) is 0 Å². The first kappa shape index (κ1) is 29.5. The van der Waals surface area contributed by atoms with Crippen LogP contribution in [0.1, 0.15) is 59.9 Å². The molecule has 3 aromatic heterocycles. The summed E-state index contributed by atoms with van der Waals surface area (Å²) in [5.74, 6) is -7.19. The van der Waals surface area contributed by atoms with Gasteiger partial charge < -0.3 is 15.5 Å². The molecular weight excluding hydrogens is 579 g/mol. The zero-order chi connectivity index (χ0) is 30.3. The summed E-state index contributed by atoms with van der Waals surface area (Å²) in [6.07, 6.45) is -2.47. The van der Waals surface area contributed by atoms with E-state index in [0.717, 1.165) is 15.9 Å². The molecule has 4 heterocycles. The van der Waals surface area contributed by atoms with Crippen LogP contribution in [0.2, 0.25) is 0 Å². The summed E-state index contributed by atoms with van der Waals surface area (Å²) in [5, 5.41) is 16.6. The Labute approximate surface area is 233 Å². The van der Waals surface area contributed by atoms with Crippen molar-refractivity contribution in [2.45, 2.75) is 69.3 Å². The number of alkyl halides is 7. The lowest BCUT2D eigenvalue weighted by Gasteiger charge is -2.33. The Kier molecular flexibility index (Phi) is 7.74. The Morgan fingerprint density at radius 3 is 2.57 bits per heavy atom. The van der Waals surface area contributed by atoms with E-state index in [1.165, 1.54) is 23.0 Å². The highest BCUT2D eigenvalue weighted by molar-refractivity contribution is 5.92. The normalized spacial score (nSPS) is 20.0. The van der Waals surface area contributed by atoms with Gasteiger partial charge in [-0.3, -0.25) is 4.79 Å². The average molecular weight is 606 g/mol. The molecule has 0 radical (unpaired) electrons. The van der Waals surface area contributed by atoms with Gasteiger partial charge in [0, 0.05) is 19.4 Å². The largest absolute Gasteiger partial charge is 0.390 e. The van der Waals surface area contributed by atoms with Crippen LogP contribution in [0.4, 0.5) is 35.5 Å². The van der Waals surface area contributed by atoms with Crippen molar-refractivity contribution in [3.05, 3.63) is 41.6 Å². The number of carbonyl (C=O) groups excluding carboxylic acids is 2. The fourth-order valence-corrected chi connectivity index (χ4v) is 5.02. The smallest absolute Gasteiger partial charge is 0.342 e. The number of halogens is 7. The Bertz CT molecular complexity index is 1450. The highest BCUT2D eigenvalue weighted by Gasteiger charge is 2.40. The lowest BCUT2D eigenvalue weighted by molar-refractivity contribution is -0.137. The van der Waals surface area contributed by atoms with Crippen molar-refractivity contribution in [2.75, 3.05) is 13.1 Å². The van der Waals surface area contributed by atoms with Crippen molar-refractivity contribution < 1.29 is 40.3 Å². The van der Waals surface area contributed by atoms with Gasteiger partial charge in [-0.15, -0.1) is 5.10 Å². The minimum absolute atomic E-state index is 0.0566. The molecule has 18 heteroatoms. The van der Waals surface area contributed by atoms with Crippen LogP contribution in [0, 0.1) is 5.92 Å². The summed E-state index contributed by atoms with van der Waals surface area (Å²) < 4.78 is 94.4. The van der Waals surface area contributed by atoms with Gasteiger partial charge in [-0.1, -0.05) is 0 Å². The van der Waals surface area contributed by atoms with Crippen LogP contribution in [0.25, 0.3) is 5.65 Å². The van der Waals surface area contributed by atoms with Crippen molar-refractivity contribution >= 4 is 17.6 Å². The molecule has 2 aliphatic rings. The number of urea groups is 1. The van der Waals surface area contributed by atoms with E-state index in [2.05, 4.69) is 30.9 Å². The molecule has 0 bridgehead atoms. The van der Waals surface area contributed by atoms with Crippen LogP contribution in [-0.2, 0) is 13.1 Å². The maximum absolute atomic E-state index is 13.9. The van der Waals surface area contributed by atoms with Crippen molar-refractivity contribution in [1.82, 2.24) is 45.1 Å². The third-order valence-electron chi connectivity index (χ3n) is 7.18. The van der Waals surface area contributed by atoms with Gasteiger partial charge in [0.2, 0.25) is 5.92 Å². The predicted molar refractivity (Wildman–Crippen MR) is 130 cm³/mol. The third-order valence-corrected chi connectivity index (χ3v) is 7.18. The second-order valence-electron chi connectivity index (χ2n) is 10.5. The molecule has 1 aliphatic heterocycles. The molecule has 1 saturated carbocycles. The van der Waals surface area contributed by atoms with Crippen molar-refractivity contribution in [3.8, 4) is 0 Å². The standard InChI is InChI=1S/C24H26F7N9O2/c25-22(26)3-1-15(2-4-22)19(36-20(41)16-9-34-40(37-16)6-5-24(29,30)31)17-11-39-18(35-17)7-14(8-33-39)10-38-13-23(27,28)12-32-21(38)42/h7-9,11,15,19H,1-6,10,12-13H2,(H,32,42)(H,36,41)/t19-/m0/s1. The predicted octanol–water partition coefficient (Wildman–Crippen LogP) is 3.73. The lowest BCUT2D eigenvalue weighted by atomic mass is 9.81. The van der Waals surface area contributed by atoms with Gasteiger partial charge in [0.25, 0.3) is 11.8 Å². The number of aromatic nitrogens is 6. The Hall–Kier alpha value is -3.99. The van der Waals surface area contributed by atoms with Crippen molar-refractivity contribution in [3.63, 3.8) is 0 Å². The molecule has 5 rings (SSSR count). The topological polar surface area (TPSA) is 122 Å². The zero-order valence-corrected chi connectivity index (χ0v) is 21.9. The summed E-state index contributed by atoms with van der Waals surface area (Å²) in [7, 11) is 0. The van der Waals surface area contributed by atoms with Crippen LogP contribution < -0.4 is 10.6 Å². The van der Waals surface area contributed by atoms with Crippen LogP contribution in [0.15, 0.2) is 24.7 Å². The first-order valence-electron chi connectivity index (χ1n) is 13.1. The highest BCUT2D eigenvalue weighted by atomic mass is 19.4. The first-order chi connectivity index (χ1) is 19.7. The third kappa shape index (κ3) is 7.07. The van der Waals surface area contributed by atoms with E-state index < -0.39 is 80.8 Å². The molecule has 1 aliphatic carbocycles. The monoisotopic (exact) mass is 605 g/mol. The summed E-state index contributed by atoms with van der Waals surface area (Å²) in [6, 6.07) is -0.0147. The second-order valence-corrected chi connectivity index (χ2v) is 10.5. The van der Waals surface area contributed by atoms with Gasteiger partial charge in [-0.25, -0.2) is 31.9 Å². The van der Waals surface area contributed by atoms with Gasteiger partial charge in [-0.2, -0.15) is 28.2 Å². The van der Waals surface area contributed by atoms with Gasteiger partial charge in [0.1, 0.15) is 0 Å². The SMILES string of the molecule is O=C(N[C@H](c1cn2ncc(CN3CC(F)(F)CNC3=O)cc2n1)C1CCC(F)(F)CC1)c1cnn(CCC(F)(F)F)n1. The second kappa shape index (κ2) is 11.0. The molecule has 42 heavy (non-hydrogen) atoms. The quantitative estimate of drug-likeness (QED) is 0.378. The molecule has 11 nitrogen and oxygen atoms in total. The average Bonchev–Trinajstić information content (AvgIpc) is 3.55. The number of hydrogen-bond acceptors (Lipinski definition) is 6. The highest BCUT2D eigenvalue weighted by Crippen LogP contribution is 2.41. The molecule has 1 saturated heterocycles. The molecular formula is C24H26F7N9O2. The fourth-order valence-electron chi connectivity index (χ4n) is 5.02. The zero-order valence-electron chi connectivity index (χ0n) is 21.9. The van der Waals surface area contributed by atoms with E-state index in [9.17, 15) is 40.3 Å². The Morgan fingerprint density at radius 2 is 1.86 bits per heavy atom. The maximum Gasteiger partial charge on any atom is 0.390 e. The maximum atomic E-state index is 13.9. The van der Waals surface area contributed by atoms with E-state index in [1.54, 1.807) is 0 Å². The van der Waals surface area contributed by atoms with Crippen LogP contribution >= 0.6 is 0 Å². The molecule has 0 aromatic carbocycles. The number of imidazole rings is 1.